The summed E-state index contributed by atoms with van der Waals surface area (Å²) < 4.78 is 18.2. The molecule has 1 aromatic carbocycles. The van der Waals surface area contributed by atoms with E-state index in [4.69, 9.17) is 19.9 Å². The van der Waals surface area contributed by atoms with Gasteiger partial charge < -0.3 is 34.7 Å². The highest BCUT2D eigenvalue weighted by molar-refractivity contribution is 5.87. The molecule has 1 saturated heterocycles. The van der Waals surface area contributed by atoms with Crippen molar-refractivity contribution >= 4 is 34.7 Å². The molecule has 39 heavy (non-hydrogen) atoms. The maximum absolute atomic E-state index is 12.2. The fourth-order valence-corrected chi connectivity index (χ4v) is 4.58. The fraction of sp³-hybridized carbons (Fsp3) is 0.500. The van der Waals surface area contributed by atoms with Crippen molar-refractivity contribution in [3.63, 3.8) is 0 Å². The van der Waals surface area contributed by atoms with Crippen molar-refractivity contribution in [3.8, 4) is 5.75 Å². The van der Waals surface area contributed by atoms with Crippen LogP contribution in [0, 0.1) is 0 Å². The van der Waals surface area contributed by atoms with Gasteiger partial charge in [-0.15, -0.1) is 0 Å². The van der Waals surface area contributed by atoms with Gasteiger partial charge in [-0.2, -0.15) is 4.98 Å². The molecule has 1 aliphatic rings. The second-order valence-electron chi connectivity index (χ2n) is 9.54. The van der Waals surface area contributed by atoms with Gasteiger partial charge in [-0.05, 0) is 30.5 Å². The number of nitrogens with one attached hydrogen (secondary N) is 1. The Labute approximate surface area is 228 Å². The SMILES string of the molecule is CCCCCNc1nc(N)nc2ccn(Cc3ccc(CCC(=O)OCC(=O)N4CCOCC4)cc3OC)c12. The van der Waals surface area contributed by atoms with Crippen molar-refractivity contribution < 1.29 is 23.8 Å². The van der Waals surface area contributed by atoms with Gasteiger partial charge >= 0.3 is 5.97 Å². The highest BCUT2D eigenvalue weighted by atomic mass is 16.5. The number of carbonyl (C=O) groups excluding carboxylic acids is 2. The number of nitrogens with zero attached hydrogens (tertiary/aromatic N) is 4. The van der Waals surface area contributed by atoms with Crippen molar-refractivity contribution in [1.29, 1.82) is 0 Å². The number of aromatic nitrogens is 3. The molecule has 11 heteroatoms. The summed E-state index contributed by atoms with van der Waals surface area (Å²) in [5, 5.41) is 3.42. The van der Waals surface area contributed by atoms with Crippen LogP contribution < -0.4 is 15.8 Å². The summed E-state index contributed by atoms with van der Waals surface area (Å²) in [5.41, 5.74) is 9.54. The molecule has 1 amide bonds. The molecule has 3 aromatic rings. The first kappa shape index (κ1) is 28.2. The standard InChI is InChI=1S/C28H38N6O5/c1-3-4-5-11-30-27-26-22(31-28(29)32-27)10-12-34(26)18-21-8-6-20(17-23(21)37-2)7-9-25(36)39-19-24(35)33-13-15-38-16-14-33/h6,8,10,12,17H,3-5,7,9,11,13-16,18-19H2,1-2H3,(H3,29,30,31,32). The Bertz CT molecular complexity index is 1270. The van der Waals surface area contributed by atoms with E-state index in [0.717, 1.165) is 59.5 Å². The number of hydrogen-bond acceptors (Lipinski definition) is 9. The van der Waals surface area contributed by atoms with E-state index >= 15 is 0 Å². The normalized spacial score (nSPS) is 13.4. The number of hydrogen-bond donors (Lipinski definition) is 2. The van der Waals surface area contributed by atoms with Crippen LogP contribution in [0.2, 0.25) is 0 Å². The number of nitrogens with two attached hydrogens (primary N) is 1. The number of fused-ring (bicyclic) bond motifs is 1. The van der Waals surface area contributed by atoms with Crippen LogP contribution in [0.25, 0.3) is 11.0 Å². The third-order valence-corrected chi connectivity index (χ3v) is 6.73. The molecule has 210 valence electrons. The molecule has 0 unspecified atom stereocenters. The number of esters is 1. The summed E-state index contributed by atoms with van der Waals surface area (Å²) in [7, 11) is 1.63. The Morgan fingerprint density at radius 1 is 1.15 bits per heavy atom. The summed E-state index contributed by atoms with van der Waals surface area (Å²) in [4.78, 5) is 34.9. The van der Waals surface area contributed by atoms with Crippen molar-refractivity contribution in [2.75, 3.05) is 57.6 Å². The van der Waals surface area contributed by atoms with Gasteiger partial charge in [0.15, 0.2) is 12.4 Å². The zero-order chi connectivity index (χ0) is 27.6. The van der Waals surface area contributed by atoms with E-state index in [0.29, 0.717) is 39.3 Å². The van der Waals surface area contributed by atoms with Crippen LogP contribution in [-0.4, -0.2) is 77.9 Å². The second kappa shape index (κ2) is 13.8. The molecule has 3 heterocycles. The number of benzene rings is 1. The molecule has 0 saturated carbocycles. The van der Waals surface area contributed by atoms with Crippen LogP contribution in [0.4, 0.5) is 11.8 Å². The van der Waals surface area contributed by atoms with Crippen LogP contribution >= 0.6 is 0 Å². The first-order valence-corrected chi connectivity index (χ1v) is 13.5. The van der Waals surface area contributed by atoms with Gasteiger partial charge in [0.25, 0.3) is 5.91 Å². The Morgan fingerprint density at radius 2 is 1.97 bits per heavy atom. The zero-order valence-corrected chi connectivity index (χ0v) is 22.8. The Kier molecular flexibility index (Phi) is 9.96. The lowest BCUT2D eigenvalue weighted by atomic mass is 10.1. The van der Waals surface area contributed by atoms with Crippen LogP contribution in [0.15, 0.2) is 30.5 Å². The number of rotatable bonds is 13. The zero-order valence-electron chi connectivity index (χ0n) is 22.8. The first-order valence-electron chi connectivity index (χ1n) is 13.5. The van der Waals surface area contributed by atoms with Gasteiger partial charge in [0.2, 0.25) is 5.95 Å². The average molecular weight is 539 g/mol. The smallest absolute Gasteiger partial charge is 0.306 e. The number of methoxy groups -OCH3 is 1. The molecule has 3 N–H and O–H groups in total. The van der Waals surface area contributed by atoms with Crippen LogP contribution in [0.3, 0.4) is 0 Å². The molecule has 0 bridgehead atoms. The van der Waals surface area contributed by atoms with E-state index in [1.54, 1.807) is 12.0 Å². The number of anilines is 2. The second-order valence-corrected chi connectivity index (χ2v) is 9.54. The lowest BCUT2D eigenvalue weighted by molar-refractivity contribution is -0.153. The molecule has 0 spiro atoms. The molecular weight excluding hydrogens is 500 g/mol. The topological polar surface area (TPSA) is 134 Å². The van der Waals surface area contributed by atoms with E-state index in [1.165, 1.54) is 0 Å². The third kappa shape index (κ3) is 7.60. The number of morpholine rings is 1. The van der Waals surface area contributed by atoms with E-state index < -0.39 is 5.97 Å². The monoisotopic (exact) mass is 538 g/mol. The van der Waals surface area contributed by atoms with Crippen molar-refractivity contribution in [2.45, 2.75) is 45.6 Å². The van der Waals surface area contributed by atoms with E-state index in [1.807, 2.05) is 30.5 Å². The number of carbonyl (C=O) groups is 2. The lowest BCUT2D eigenvalue weighted by Gasteiger charge is -2.26. The highest BCUT2D eigenvalue weighted by Gasteiger charge is 2.18. The number of unbranched alkanes of at least 4 members (excludes halogenated alkanes) is 2. The minimum absolute atomic E-state index is 0.174. The Balaban J connectivity index is 1.37. The Morgan fingerprint density at radius 3 is 2.74 bits per heavy atom. The third-order valence-electron chi connectivity index (χ3n) is 6.73. The van der Waals surface area contributed by atoms with Gasteiger partial charge in [0.1, 0.15) is 11.3 Å². The maximum atomic E-state index is 12.2. The molecule has 0 aliphatic carbocycles. The average Bonchev–Trinajstić information content (AvgIpc) is 3.36. The molecule has 0 radical (unpaired) electrons. The Hall–Kier alpha value is -3.86. The van der Waals surface area contributed by atoms with Crippen molar-refractivity contribution in [1.82, 2.24) is 19.4 Å². The van der Waals surface area contributed by atoms with E-state index in [-0.39, 0.29) is 24.9 Å². The number of amides is 1. The summed E-state index contributed by atoms with van der Waals surface area (Å²) in [6, 6.07) is 7.85. The molecule has 4 rings (SSSR count). The molecule has 0 atom stereocenters. The predicted molar refractivity (Wildman–Crippen MR) is 149 cm³/mol. The number of nitrogen functional groups attached to an aromatic ring is 1. The molecule has 1 aliphatic heterocycles. The lowest BCUT2D eigenvalue weighted by Crippen LogP contribution is -2.42. The van der Waals surface area contributed by atoms with Crippen LogP contribution in [-0.2, 0) is 32.0 Å². The minimum atomic E-state index is -0.406. The molecule has 11 nitrogen and oxygen atoms in total. The summed E-state index contributed by atoms with van der Waals surface area (Å²) in [5.74, 6) is 1.09. The number of ether oxygens (including phenoxy) is 3. The largest absolute Gasteiger partial charge is 0.496 e. The first-order chi connectivity index (χ1) is 19.0. The minimum Gasteiger partial charge on any atom is -0.496 e. The summed E-state index contributed by atoms with van der Waals surface area (Å²) in [6.07, 6.45) is 5.96. The van der Waals surface area contributed by atoms with Crippen molar-refractivity contribution in [2.24, 2.45) is 0 Å². The van der Waals surface area contributed by atoms with Crippen molar-refractivity contribution in [3.05, 3.63) is 41.6 Å². The summed E-state index contributed by atoms with van der Waals surface area (Å²) >= 11 is 0. The van der Waals surface area contributed by atoms with Crippen LogP contribution in [0.5, 0.6) is 5.75 Å². The summed E-state index contributed by atoms with van der Waals surface area (Å²) in [6.45, 7) is 5.37. The van der Waals surface area contributed by atoms with Crippen LogP contribution in [0.1, 0.15) is 43.7 Å². The van der Waals surface area contributed by atoms with Gasteiger partial charge in [-0.1, -0.05) is 31.9 Å². The van der Waals surface area contributed by atoms with E-state index in [9.17, 15) is 9.59 Å². The quantitative estimate of drug-likeness (QED) is 0.249. The van der Waals surface area contributed by atoms with Gasteiger partial charge in [0.05, 0.1) is 32.4 Å². The van der Waals surface area contributed by atoms with Gasteiger partial charge in [0, 0.05) is 37.8 Å². The molecular formula is C28H38N6O5. The maximum Gasteiger partial charge on any atom is 0.306 e. The van der Waals surface area contributed by atoms with Gasteiger partial charge in [-0.25, -0.2) is 4.98 Å². The van der Waals surface area contributed by atoms with E-state index in [2.05, 4.69) is 26.8 Å². The fourth-order valence-electron chi connectivity index (χ4n) is 4.58. The highest BCUT2D eigenvalue weighted by Crippen LogP contribution is 2.27. The molecule has 1 fully saturated rings. The predicted octanol–water partition coefficient (Wildman–Crippen LogP) is 3.01. The van der Waals surface area contributed by atoms with Gasteiger partial charge in [-0.3, -0.25) is 9.59 Å². The number of aryl methyl sites for hydroxylation is 1. The molecule has 2 aromatic heterocycles.